The van der Waals surface area contributed by atoms with E-state index < -0.39 is 10.0 Å². The van der Waals surface area contributed by atoms with E-state index in [0.717, 1.165) is 17.4 Å². The molecule has 156 valence electrons. The molecule has 1 aliphatic carbocycles. The molecule has 1 amide bonds. The zero-order valence-electron chi connectivity index (χ0n) is 16.1. The summed E-state index contributed by atoms with van der Waals surface area (Å²) in [5.41, 5.74) is 0.669. The van der Waals surface area contributed by atoms with Crippen LogP contribution in [-0.2, 0) is 20.6 Å². The summed E-state index contributed by atoms with van der Waals surface area (Å²) in [6.45, 7) is 1.40. The van der Waals surface area contributed by atoms with Gasteiger partial charge in [-0.1, -0.05) is 36.6 Å². The number of nitrogens with zero attached hydrogens (tertiary/aromatic N) is 1. The van der Waals surface area contributed by atoms with Gasteiger partial charge in [-0.3, -0.25) is 4.79 Å². The van der Waals surface area contributed by atoms with Gasteiger partial charge in [0.1, 0.15) is 0 Å². The second-order valence-corrected chi connectivity index (χ2v) is 11.5. The molecule has 0 bridgehead atoms. The van der Waals surface area contributed by atoms with Crippen molar-refractivity contribution >= 4 is 39.3 Å². The van der Waals surface area contributed by atoms with E-state index in [-0.39, 0.29) is 24.1 Å². The van der Waals surface area contributed by atoms with Gasteiger partial charge in [0.15, 0.2) is 0 Å². The van der Waals surface area contributed by atoms with Crippen molar-refractivity contribution in [1.82, 2.24) is 9.62 Å². The Bertz CT molecular complexity index is 766. The number of sulfonamides is 1. The number of piperidine rings is 1. The molecule has 2 aliphatic rings. The lowest BCUT2D eigenvalue weighted by molar-refractivity contribution is -0.125. The average Bonchev–Trinajstić information content (AvgIpc) is 3.18. The van der Waals surface area contributed by atoms with Crippen molar-refractivity contribution < 1.29 is 13.2 Å². The highest BCUT2D eigenvalue weighted by atomic mass is 35.5. The lowest BCUT2D eigenvalue weighted by atomic mass is 9.99. The van der Waals surface area contributed by atoms with E-state index in [1.807, 2.05) is 11.8 Å². The van der Waals surface area contributed by atoms with Crippen molar-refractivity contribution in [1.29, 1.82) is 0 Å². The fourth-order valence-corrected chi connectivity index (χ4v) is 6.97. The molecule has 0 unspecified atom stereocenters. The van der Waals surface area contributed by atoms with Gasteiger partial charge in [0, 0.05) is 35.7 Å². The second kappa shape index (κ2) is 10.3. The van der Waals surface area contributed by atoms with E-state index in [2.05, 4.69) is 5.32 Å². The van der Waals surface area contributed by atoms with Crippen LogP contribution in [0.4, 0.5) is 0 Å². The maximum atomic E-state index is 12.8. The molecule has 0 aromatic heterocycles. The molecule has 2 fully saturated rings. The van der Waals surface area contributed by atoms with Gasteiger partial charge in [0.25, 0.3) is 0 Å². The van der Waals surface area contributed by atoms with E-state index in [4.69, 9.17) is 11.6 Å². The minimum absolute atomic E-state index is 0.0188. The maximum Gasteiger partial charge on any atom is 0.224 e. The predicted octanol–water partition coefficient (Wildman–Crippen LogP) is 3.67. The van der Waals surface area contributed by atoms with Crippen molar-refractivity contribution in [2.45, 2.75) is 49.5 Å². The number of halogens is 1. The van der Waals surface area contributed by atoms with Crippen LogP contribution in [-0.4, -0.2) is 49.3 Å². The SMILES string of the molecule is O=C(NCCSC1CCCC1)[C@H]1CCCN(S(=O)(=O)Cc2cccc(Cl)c2)C1. The van der Waals surface area contributed by atoms with E-state index in [0.29, 0.717) is 30.1 Å². The molecule has 1 saturated heterocycles. The summed E-state index contributed by atoms with van der Waals surface area (Å²) >= 11 is 7.91. The van der Waals surface area contributed by atoms with Gasteiger partial charge in [-0.05, 0) is 43.4 Å². The Morgan fingerprint density at radius 2 is 2.00 bits per heavy atom. The molecule has 5 nitrogen and oxygen atoms in total. The van der Waals surface area contributed by atoms with Crippen molar-refractivity contribution in [3.63, 3.8) is 0 Å². The standard InChI is InChI=1S/C20H29ClN2O3S2/c21-18-7-3-5-16(13-18)15-28(25,26)23-11-4-6-17(14-23)20(24)22-10-12-27-19-8-1-2-9-19/h3,5,7,13,17,19H,1-2,4,6,8-12,14-15H2,(H,22,24)/t17-/m0/s1. The first kappa shape index (κ1) is 21.9. The van der Waals surface area contributed by atoms with Crippen LogP contribution in [0.25, 0.3) is 0 Å². The van der Waals surface area contributed by atoms with Crippen molar-refractivity contribution in [3.05, 3.63) is 34.9 Å². The number of carbonyl (C=O) groups is 1. The van der Waals surface area contributed by atoms with Crippen molar-refractivity contribution in [2.75, 3.05) is 25.4 Å². The van der Waals surface area contributed by atoms with E-state index in [1.54, 1.807) is 24.3 Å². The molecule has 1 saturated carbocycles. The Morgan fingerprint density at radius 3 is 2.75 bits per heavy atom. The molecular formula is C20H29ClN2O3S2. The van der Waals surface area contributed by atoms with E-state index in [9.17, 15) is 13.2 Å². The van der Waals surface area contributed by atoms with Gasteiger partial charge < -0.3 is 5.32 Å². The molecule has 1 atom stereocenters. The molecule has 0 spiro atoms. The zero-order valence-corrected chi connectivity index (χ0v) is 18.5. The molecular weight excluding hydrogens is 416 g/mol. The fourth-order valence-electron chi connectivity index (χ4n) is 3.94. The number of carbonyl (C=O) groups excluding carboxylic acids is 1. The highest BCUT2D eigenvalue weighted by Gasteiger charge is 2.32. The third-order valence-electron chi connectivity index (χ3n) is 5.44. The van der Waals surface area contributed by atoms with Crippen LogP contribution in [0.1, 0.15) is 44.1 Å². The van der Waals surface area contributed by atoms with Crippen LogP contribution in [0.3, 0.4) is 0 Å². The lowest BCUT2D eigenvalue weighted by Crippen LogP contribution is -2.46. The first-order valence-electron chi connectivity index (χ1n) is 10.1. The van der Waals surface area contributed by atoms with Crippen LogP contribution in [0.5, 0.6) is 0 Å². The first-order valence-corrected chi connectivity index (χ1v) is 13.1. The number of hydrogen-bond donors (Lipinski definition) is 1. The largest absolute Gasteiger partial charge is 0.355 e. The Kier molecular flexibility index (Phi) is 8.09. The average molecular weight is 445 g/mol. The third-order valence-corrected chi connectivity index (χ3v) is 8.88. The number of nitrogens with one attached hydrogen (secondary N) is 1. The highest BCUT2D eigenvalue weighted by Crippen LogP contribution is 2.29. The maximum absolute atomic E-state index is 12.8. The van der Waals surface area contributed by atoms with Gasteiger partial charge in [0.05, 0.1) is 11.7 Å². The Labute approximate surface area is 177 Å². The van der Waals surface area contributed by atoms with Gasteiger partial charge in [0.2, 0.25) is 15.9 Å². The summed E-state index contributed by atoms with van der Waals surface area (Å²) < 4.78 is 27.0. The van der Waals surface area contributed by atoms with Gasteiger partial charge in [-0.25, -0.2) is 12.7 Å². The quantitative estimate of drug-likeness (QED) is 0.621. The van der Waals surface area contributed by atoms with Crippen molar-refractivity contribution in [3.8, 4) is 0 Å². The molecule has 1 aromatic carbocycles. The molecule has 1 aliphatic heterocycles. The summed E-state index contributed by atoms with van der Waals surface area (Å²) in [6.07, 6.45) is 6.69. The fraction of sp³-hybridized carbons (Fsp3) is 0.650. The predicted molar refractivity (Wildman–Crippen MR) is 116 cm³/mol. The Balaban J connectivity index is 1.47. The van der Waals surface area contributed by atoms with Gasteiger partial charge >= 0.3 is 0 Å². The Hall–Kier alpha value is -0.760. The molecule has 1 N–H and O–H groups in total. The normalized spacial score (nSPS) is 21.7. The van der Waals surface area contributed by atoms with Crippen LogP contribution in [0.2, 0.25) is 5.02 Å². The van der Waals surface area contributed by atoms with Gasteiger partial charge in [-0.15, -0.1) is 0 Å². The molecule has 3 rings (SSSR count). The summed E-state index contributed by atoms with van der Waals surface area (Å²) in [7, 11) is -3.47. The summed E-state index contributed by atoms with van der Waals surface area (Å²) in [6, 6.07) is 6.92. The molecule has 28 heavy (non-hydrogen) atoms. The first-order chi connectivity index (χ1) is 13.4. The summed E-state index contributed by atoms with van der Waals surface area (Å²) in [5, 5.41) is 4.28. The minimum atomic E-state index is -3.47. The third kappa shape index (κ3) is 6.37. The second-order valence-electron chi connectivity index (χ2n) is 7.65. The summed E-state index contributed by atoms with van der Waals surface area (Å²) in [5.74, 6) is 0.564. The number of hydrogen-bond acceptors (Lipinski definition) is 4. The van der Waals surface area contributed by atoms with E-state index in [1.165, 1.54) is 30.0 Å². The van der Waals surface area contributed by atoms with Crippen molar-refractivity contribution in [2.24, 2.45) is 5.92 Å². The number of thioether (sulfide) groups is 1. The topological polar surface area (TPSA) is 66.5 Å². The van der Waals surface area contributed by atoms with Gasteiger partial charge in [-0.2, -0.15) is 11.8 Å². The monoisotopic (exact) mass is 444 g/mol. The Morgan fingerprint density at radius 1 is 1.21 bits per heavy atom. The highest BCUT2D eigenvalue weighted by molar-refractivity contribution is 7.99. The lowest BCUT2D eigenvalue weighted by Gasteiger charge is -2.31. The summed E-state index contributed by atoms with van der Waals surface area (Å²) in [4.78, 5) is 12.5. The number of amides is 1. The minimum Gasteiger partial charge on any atom is -0.355 e. The molecule has 0 radical (unpaired) electrons. The molecule has 1 heterocycles. The molecule has 1 aromatic rings. The van der Waals surface area contributed by atoms with Crippen LogP contribution in [0, 0.1) is 5.92 Å². The number of rotatable bonds is 8. The van der Waals surface area contributed by atoms with E-state index >= 15 is 0 Å². The zero-order chi connectivity index (χ0) is 20.0. The van der Waals surface area contributed by atoms with Crippen LogP contribution >= 0.6 is 23.4 Å². The smallest absolute Gasteiger partial charge is 0.224 e. The molecule has 8 heteroatoms. The van der Waals surface area contributed by atoms with Crippen LogP contribution < -0.4 is 5.32 Å². The van der Waals surface area contributed by atoms with Crippen LogP contribution in [0.15, 0.2) is 24.3 Å². The number of benzene rings is 1.